The Kier molecular flexibility index (Phi) is 4.16. The number of halogens is 3. The molecule has 1 aromatic rings. The standard InChI is InChI=1S/C16H17F3O3S/c17-16(18,19)22-15-7-2-1-4-12(15)8-11-9-13-5-3-6-14(10-11)23(13,20)21/h1-2,4,7,9,13-14H,3,5-6,8,10H2. The van der Waals surface area contributed by atoms with Gasteiger partial charge in [-0.05, 0) is 37.3 Å². The largest absolute Gasteiger partial charge is 0.573 e. The van der Waals surface area contributed by atoms with E-state index in [9.17, 15) is 21.6 Å². The van der Waals surface area contributed by atoms with Crippen molar-refractivity contribution in [3.05, 3.63) is 41.5 Å². The van der Waals surface area contributed by atoms with Gasteiger partial charge in [-0.1, -0.05) is 36.3 Å². The summed E-state index contributed by atoms with van der Waals surface area (Å²) in [7, 11) is -3.12. The van der Waals surface area contributed by atoms with Crippen LogP contribution in [0.15, 0.2) is 35.9 Å². The topological polar surface area (TPSA) is 43.4 Å². The predicted molar refractivity (Wildman–Crippen MR) is 79.9 cm³/mol. The highest BCUT2D eigenvalue weighted by Crippen LogP contribution is 2.38. The molecule has 2 bridgehead atoms. The minimum atomic E-state index is -4.74. The van der Waals surface area contributed by atoms with Gasteiger partial charge < -0.3 is 4.74 Å². The molecule has 0 aromatic heterocycles. The van der Waals surface area contributed by atoms with E-state index in [2.05, 4.69) is 4.74 Å². The SMILES string of the molecule is O=S1(=O)C2C=C(Cc3ccccc3OC(F)(F)F)CC1CCC2. The Hall–Kier alpha value is -1.50. The second kappa shape index (κ2) is 5.85. The lowest BCUT2D eigenvalue weighted by atomic mass is 9.93. The average Bonchev–Trinajstić information content (AvgIpc) is 2.40. The van der Waals surface area contributed by atoms with E-state index >= 15 is 0 Å². The van der Waals surface area contributed by atoms with Crippen molar-refractivity contribution in [2.24, 2.45) is 0 Å². The maximum Gasteiger partial charge on any atom is 0.573 e. The smallest absolute Gasteiger partial charge is 0.405 e. The van der Waals surface area contributed by atoms with Crippen LogP contribution in [0.25, 0.3) is 0 Å². The molecule has 0 amide bonds. The van der Waals surface area contributed by atoms with E-state index in [-0.39, 0.29) is 12.2 Å². The maximum absolute atomic E-state index is 12.5. The van der Waals surface area contributed by atoms with Crippen LogP contribution in [0.5, 0.6) is 5.75 Å². The highest BCUT2D eigenvalue weighted by molar-refractivity contribution is 7.92. The predicted octanol–water partition coefficient (Wildman–Crippen LogP) is 3.79. The molecule has 0 saturated carbocycles. The normalized spacial score (nSPS) is 26.5. The van der Waals surface area contributed by atoms with Gasteiger partial charge in [0.15, 0.2) is 9.84 Å². The Bertz CT molecular complexity index is 722. The van der Waals surface area contributed by atoms with Gasteiger partial charge in [0.05, 0.1) is 10.5 Å². The van der Waals surface area contributed by atoms with Crippen LogP contribution in [-0.2, 0) is 16.3 Å². The summed E-state index contributed by atoms with van der Waals surface area (Å²) in [6.45, 7) is 0. The molecule has 0 spiro atoms. The number of benzene rings is 1. The van der Waals surface area contributed by atoms with E-state index in [1.165, 1.54) is 12.1 Å². The van der Waals surface area contributed by atoms with E-state index in [0.29, 0.717) is 24.8 Å². The molecule has 126 valence electrons. The summed E-state index contributed by atoms with van der Waals surface area (Å²) in [6, 6.07) is 6.00. The zero-order valence-electron chi connectivity index (χ0n) is 12.3. The third-order valence-electron chi connectivity index (χ3n) is 4.43. The first-order valence-electron chi connectivity index (χ1n) is 7.51. The average molecular weight is 346 g/mol. The van der Waals surface area contributed by atoms with Gasteiger partial charge in [-0.3, -0.25) is 0 Å². The first-order chi connectivity index (χ1) is 10.8. The number of alkyl halides is 3. The molecule has 0 radical (unpaired) electrons. The lowest BCUT2D eigenvalue weighted by Gasteiger charge is -2.33. The number of hydrogen-bond donors (Lipinski definition) is 0. The summed E-state index contributed by atoms with van der Waals surface area (Å²) < 4.78 is 65.9. The van der Waals surface area contributed by atoms with Crippen LogP contribution in [0.4, 0.5) is 13.2 Å². The summed E-state index contributed by atoms with van der Waals surface area (Å²) in [5.41, 5.74) is 1.31. The minimum Gasteiger partial charge on any atom is -0.405 e. The van der Waals surface area contributed by atoms with Crippen molar-refractivity contribution in [3.8, 4) is 5.75 Å². The molecule has 23 heavy (non-hydrogen) atoms. The molecule has 2 unspecified atom stereocenters. The molecule has 0 aliphatic carbocycles. The fourth-order valence-corrected chi connectivity index (χ4v) is 5.71. The number of fused-ring (bicyclic) bond motifs is 2. The van der Waals surface area contributed by atoms with Gasteiger partial charge in [-0.2, -0.15) is 0 Å². The van der Waals surface area contributed by atoms with Crippen molar-refractivity contribution in [1.29, 1.82) is 0 Å². The number of hydrogen-bond acceptors (Lipinski definition) is 3. The maximum atomic E-state index is 12.5. The molecule has 1 fully saturated rings. The highest BCUT2D eigenvalue weighted by Gasteiger charge is 2.40. The summed E-state index contributed by atoms with van der Waals surface area (Å²) in [6.07, 6.45) is -0.202. The van der Waals surface area contributed by atoms with Crippen LogP contribution in [0, 0.1) is 0 Å². The fourth-order valence-electron chi connectivity index (χ4n) is 3.39. The van der Waals surface area contributed by atoms with Gasteiger partial charge >= 0.3 is 6.36 Å². The van der Waals surface area contributed by atoms with E-state index < -0.39 is 26.7 Å². The van der Waals surface area contributed by atoms with Gasteiger partial charge in [0.1, 0.15) is 5.75 Å². The first-order valence-corrected chi connectivity index (χ1v) is 9.12. The summed E-state index contributed by atoms with van der Waals surface area (Å²) >= 11 is 0. The molecule has 1 aromatic carbocycles. The molecule has 0 N–H and O–H groups in total. The van der Waals surface area contributed by atoms with Crippen LogP contribution in [-0.4, -0.2) is 25.3 Å². The van der Waals surface area contributed by atoms with Crippen LogP contribution >= 0.6 is 0 Å². The van der Waals surface area contributed by atoms with Crippen LogP contribution in [0.1, 0.15) is 31.2 Å². The summed E-state index contributed by atoms with van der Waals surface area (Å²) in [5, 5.41) is -0.877. The molecular weight excluding hydrogens is 329 g/mol. The molecule has 2 atom stereocenters. The highest BCUT2D eigenvalue weighted by atomic mass is 32.2. The minimum absolute atomic E-state index is 0.223. The van der Waals surface area contributed by atoms with Crippen molar-refractivity contribution in [2.75, 3.05) is 0 Å². The Morgan fingerprint density at radius 2 is 1.91 bits per heavy atom. The quantitative estimate of drug-likeness (QED) is 0.782. The molecule has 1 saturated heterocycles. The third-order valence-corrected chi connectivity index (χ3v) is 6.98. The van der Waals surface area contributed by atoms with E-state index in [4.69, 9.17) is 0 Å². The van der Waals surface area contributed by atoms with Crippen LogP contribution in [0.3, 0.4) is 0 Å². The molecule has 2 heterocycles. The molecule has 3 nitrogen and oxygen atoms in total. The molecule has 2 aliphatic heterocycles. The fraction of sp³-hybridized carbons (Fsp3) is 0.500. The van der Waals surface area contributed by atoms with Crippen molar-refractivity contribution < 1.29 is 26.3 Å². The van der Waals surface area contributed by atoms with Crippen molar-refractivity contribution >= 4 is 9.84 Å². The Morgan fingerprint density at radius 3 is 2.61 bits per heavy atom. The first kappa shape index (κ1) is 16.4. The third kappa shape index (κ3) is 3.54. The number of allylic oxidation sites excluding steroid dienone is 1. The number of rotatable bonds is 3. The van der Waals surface area contributed by atoms with Gasteiger partial charge in [-0.15, -0.1) is 13.2 Å². The second-order valence-electron chi connectivity index (χ2n) is 6.04. The van der Waals surface area contributed by atoms with Gasteiger partial charge in [0.2, 0.25) is 0 Å². The Balaban J connectivity index is 1.85. The van der Waals surface area contributed by atoms with Gasteiger partial charge in [0, 0.05) is 0 Å². The second-order valence-corrected chi connectivity index (χ2v) is 8.49. The van der Waals surface area contributed by atoms with Crippen molar-refractivity contribution in [2.45, 2.75) is 49.0 Å². The lowest BCUT2D eigenvalue weighted by Crippen LogP contribution is -2.39. The number of sulfone groups is 1. The number of ether oxygens (including phenoxy) is 1. The molecular formula is C16H17F3O3S. The van der Waals surface area contributed by atoms with Crippen molar-refractivity contribution in [3.63, 3.8) is 0 Å². The lowest BCUT2D eigenvalue weighted by molar-refractivity contribution is -0.274. The molecule has 3 rings (SSSR count). The Labute approximate surface area is 133 Å². The van der Waals surface area contributed by atoms with Crippen molar-refractivity contribution in [1.82, 2.24) is 0 Å². The van der Waals surface area contributed by atoms with Crippen LogP contribution < -0.4 is 4.74 Å². The number of para-hydroxylation sites is 1. The Morgan fingerprint density at radius 1 is 1.17 bits per heavy atom. The summed E-state index contributed by atoms with van der Waals surface area (Å²) in [4.78, 5) is 0. The molecule has 7 heteroatoms. The summed E-state index contributed by atoms with van der Waals surface area (Å²) in [5.74, 6) is -0.223. The van der Waals surface area contributed by atoms with Gasteiger partial charge in [0.25, 0.3) is 0 Å². The van der Waals surface area contributed by atoms with E-state index in [1.807, 2.05) is 0 Å². The van der Waals surface area contributed by atoms with E-state index in [0.717, 1.165) is 12.0 Å². The molecule has 2 aliphatic rings. The monoisotopic (exact) mass is 346 g/mol. The van der Waals surface area contributed by atoms with E-state index in [1.54, 1.807) is 18.2 Å². The van der Waals surface area contributed by atoms with Crippen LogP contribution in [0.2, 0.25) is 0 Å². The zero-order valence-corrected chi connectivity index (χ0v) is 13.2. The van der Waals surface area contributed by atoms with Gasteiger partial charge in [-0.25, -0.2) is 8.42 Å². The zero-order chi connectivity index (χ0) is 16.7.